The zero-order valence-corrected chi connectivity index (χ0v) is 15.3. The number of nitro groups is 1. The van der Waals surface area contributed by atoms with Gasteiger partial charge in [0, 0.05) is 44.0 Å². The normalized spacial score (nSPS) is 15.2. The van der Waals surface area contributed by atoms with Gasteiger partial charge in [-0.15, -0.1) is 5.10 Å². The minimum Gasteiger partial charge on any atom is -0.362 e. The molecule has 0 bridgehead atoms. The van der Waals surface area contributed by atoms with Crippen LogP contribution in [0.15, 0.2) is 30.3 Å². The van der Waals surface area contributed by atoms with E-state index in [0.29, 0.717) is 43.4 Å². The van der Waals surface area contributed by atoms with Gasteiger partial charge in [-0.3, -0.25) is 10.1 Å². The van der Waals surface area contributed by atoms with Gasteiger partial charge in [0.25, 0.3) is 17.3 Å². The Kier molecular flexibility index (Phi) is 4.47. The number of para-hydroxylation sites is 2. The average Bonchev–Trinajstić information content (AvgIpc) is 3.12. The molecule has 0 unspecified atom stereocenters. The van der Waals surface area contributed by atoms with Crippen LogP contribution in [0.4, 0.5) is 30.4 Å². The molecule has 1 aliphatic heterocycles. The number of aryl methyl sites for hydroxylation is 1. The van der Waals surface area contributed by atoms with Gasteiger partial charge in [0.2, 0.25) is 0 Å². The summed E-state index contributed by atoms with van der Waals surface area (Å²) in [6, 6.07) is 8.14. The van der Waals surface area contributed by atoms with E-state index in [4.69, 9.17) is 0 Å². The third-order valence-corrected chi connectivity index (χ3v) is 4.70. The SMILES string of the molecule is Cc1cc(N2CCN(c3ccccc3[N+](=O)[O-])CC2)n2nc(C(F)(F)F)nc2n1. The fourth-order valence-electron chi connectivity index (χ4n) is 3.38. The van der Waals surface area contributed by atoms with Gasteiger partial charge in [-0.05, 0) is 13.0 Å². The van der Waals surface area contributed by atoms with Crippen molar-refractivity contribution in [1.82, 2.24) is 19.6 Å². The number of fused-ring (bicyclic) bond motifs is 1. The molecule has 9 nitrogen and oxygen atoms in total. The highest BCUT2D eigenvalue weighted by Crippen LogP contribution is 2.30. The number of hydrogen-bond acceptors (Lipinski definition) is 7. The van der Waals surface area contributed by atoms with Gasteiger partial charge in [-0.1, -0.05) is 12.1 Å². The molecule has 0 aliphatic carbocycles. The standard InChI is InChI=1S/C17H16F3N7O2/c1-11-10-14(26-16(21-11)22-15(23-26)17(18,19)20)25-8-6-24(7-9-25)12-4-2-3-5-13(12)27(28)29/h2-5,10H,6-9H2,1H3. The summed E-state index contributed by atoms with van der Waals surface area (Å²) >= 11 is 0. The van der Waals surface area contributed by atoms with Crippen LogP contribution in [0.5, 0.6) is 0 Å². The lowest BCUT2D eigenvalue weighted by molar-refractivity contribution is -0.384. The Bertz CT molecular complexity index is 1070. The Balaban J connectivity index is 1.61. The zero-order chi connectivity index (χ0) is 20.8. The van der Waals surface area contributed by atoms with Crippen molar-refractivity contribution < 1.29 is 18.1 Å². The number of anilines is 2. The topological polar surface area (TPSA) is 92.7 Å². The third kappa shape index (κ3) is 3.52. The van der Waals surface area contributed by atoms with Crippen molar-refractivity contribution in [3.05, 3.63) is 52.0 Å². The number of nitrogens with zero attached hydrogens (tertiary/aromatic N) is 7. The Morgan fingerprint density at radius 2 is 1.72 bits per heavy atom. The van der Waals surface area contributed by atoms with Gasteiger partial charge in [0.15, 0.2) is 0 Å². The molecule has 4 rings (SSSR count). The fraction of sp³-hybridized carbons (Fsp3) is 0.353. The number of piperazine rings is 1. The molecule has 29 heavy (non-hydrogen) atoms. The van der Waals surface area contributed by atoms with E-state index in [-0.39, 0.29) is 11.5 Å². The largest absolute Gasteiger partial charge is 0.453 e. The van der Waals surface area contributed by atoms with E-state index in [0.717, 1.165) is 4.52 Å². The second-order valence-corrected chi connectivity index (χ2v) is 6.62. The molecule has 152 valence electrons. The molecule has 0 radical (unpaired) electrons. The van der Waals surface area contributed by atoms with Gasteiger partial charge in [-0.25, -0.2) is 4.98 Å². The van der Waals surface area contributed by atoms with Crippen LogP contribution in [0, 0.1) is 17.0 Å². The first-order valence-corrected chi connectivity index (χ1v) is 8.79. The first kappa shape index (κ1) is 18.9. The molecule has 0 N–H and O–H groups in total. The summed E-state index contributed by atoms with van der Waals surface area (Å²) < 4.78 is 40.1. The van der Waals surface area contributed by atoms with E-state index < -0.39 is 16.9 Å². The van der Waals surface area contributed by atoms with Crippen molar-refractivity contribution in [2.45, 2.75) is 13.1 Å². The lowest BCUT2D eigenvalue weighted by Crippen LogP contribution is -2.47. The minimum absolute atomic E-state index is 0.0224. The molecule has 3 heterocycles. The van der Waals surface area contributed by atoms with E-state index in [1.165, 1.54) is 6.07 Å². The lowest BCUT2D eigenvalue weighted by Gasteiger charge is -2.36. The summed E-state index contributed by atoms with van der Waals surface area (Å²) in [6.45, 7) is 3.51. The summed E-state index contributed by atoms with van der Waals surface area (Å²) in [4.78, 5) is 22.1. The third-order valence-electron chi connectivity index (χ3n) is 4.70. The van der Waals surface area contributed by atoms with Crippen molar-refractivity contribution >= 4 is 23.0 Å². The number of alkyl halides is 3. The van der Waals surface area contributed by atoms with Crippen molar-refractivity contribution in [2.75, 3.05) is 36.0 Å². The highest BCUT2D eigenvalue weighted by Gasteiger charge is 2.37. The number of aromatic nitrogens is 4. The number of halogens is 3. The molecule has 0 saturated carbocycles. The molecule has 12 heteroatoms. The summed E-state index contributed by atoms with van der Waals surface area (Å²) in [5, 5.41) is 14.9. The summed E-state index contributed by atoms with van der Waals surface area (Å²) in [5.41, 5.74) is 1.07. The fourth-order valence-corrected chi connectivity index (χ4v) is 3.38. The maximum Gasteiger partial charge on any atom is 0.453 e. The Morgan fingerprint density at radius 3 is 2.38 bits per heavy atom. The zero-order valence-electron chi connectivity index (χ0n) is 15.3. The molecule has 0 spiro atoms. The second-order valence-electron chi connectivity index (χ2n) is 6.62. The summed E-state index contributed by atoms with van der Waals surface area (Å²) in [5.74, 6) is -0.901. The van der Waals surface area contributed by atoms with Crippen LogP contribution in [-0.4, -0.2) is 50.7 Å². The molecule has 0 amide bonds. The van der Waals surface area contributed by atoms with Crippen molar-refractivity contribution in [1.29, 1.82) is 0 Å². The first-order valence-electron chi connectivity index (χ1n) is 8.79. The lowest BCUT2D eigenvalue weighted by atomic mass is 10.2. The van der Waals surface area contributed by atoms with Crippen LogP contribution in [-0.2, 0) is 6.18 Å². The number of hydrogen-bond donors (Lipinski definition) is 0. The minimum atomic E-state index is -4.66. The predicted octanol–water partition coefficient (Wildman–Crippen LogP) is 2.69. The molecule has 1 aromatic carbocycles. The molecule has 1 saturated heterocycles. The van der Waals surface area contributed by atoms with Crippen LogP contribution in [0.2, 0.25) is 0 Å². The van der Waals surface area contributed by atoms with Crippen LogP contribution in [0.3, 0.4) is 0 Å². The van der Waals surface area contributed by atoms with Gasteiger partial charge in [-0.2, -0.15) is 22.7 Å². The number of nitro benzene ring substituents is 1. The van der Waals surface area contributed by atoms with Crippen molar-refractivity contribution in [2.24, 2.45) is 0 Å². The molecule has 1 fully saturated rings. The van der Waals surface area contributed by atoms with E-state index >= 15 is 0 Å². The maximum absolute atomic E-state index is 13.0. The van der Waals surface area contributed by atoms with Crippen LogP contribution in [0.1, 0.15) is 11.5 Å². The van der Waals surface area contributed by atoms with Crippen molar-refractivity contribution in [3.63, 3.8) is 0 Å². The van der Waals surface area contributed by atoms with Crippen LogP contribution in [0.25, 0.3) is 5.78 Å². The monoisotopic (exact) mass is 407 g/mol. The number of rotatable bonds is 3. The van der Waals surface area contributed by atoms with Gasteiger partial charge >= 0.3 is 6.18 Å². The Hall–Kier alpha value is -3.44. The molecular formula is C17H16F3N7O2. The second kappa shape index (κ2) is 6.87. The van der Waals surface area contributed by atoms with Crippen molar-refractivity contribution in [3.8, 4) is 0 Å². The summed E-state index contributed by atoms with van der Waals surface area (Å²) in [6.07, 6.45) is -4.66. The molecule has 2 aromatic heterocycles. The van der Waals surface area contributed by atoms with Crippen LogP contribution < -0.4 is 9.80 Å². The average molecular weight is 407 g/mol. The molecule has 3 aromatic rings. The highest BCUT2D eigenvalue weighted by molar-refractivity contribution is 5.64. The van der Waals surface area contributed by atoms with E-state index in [1.807, 2.05) is 9.80 Å². The van der Waals surface area contributed by atoms with Gasteiger partial charge in [0.1, 0.15) is 11.5 Å². The molecule has 1 aliphatic rings. The maximum atomic E-state index is 13.0. The van der Waals surface area contributed by atoms with Gasteiger partial charge in [0.05, 0.1) is 4.92 Å². The van der Waals surface area contributed by atoms with E-state index in [9.17, 15) is 23.3 Å². The van der Waals surface area contributed by atoms with Crippen LogP contribution >= 0.6 is 0 Å². The Labute approximate surface area is 162 Å². The highest BCUT2D eigenvalue weighted by atomic mass is 19.4. The Morgan fingerprint density at radius 1 is 1.07 bits per heavy atom. The molecule has 0 atom stereocenters. The molecular weight excluding hydrogens is 391 g/mol. The van der Waals surface area contributed by atoms with E-state index in [2.05, 4.69) is 15.1 Å². The first-order chi connectivity index (χ1) is 13.7. The van der Waals surface area contributed by atoms with Gasteiger partial charge < -0.3 is 9.80 Å². The number of benzene rings is 1. The summed E-state index contributed by atoms with van der Waals surface area (Å²) in [7, 11) is 0. The quantitative estimate of drug-likeness (QED) is 0.487. The van der Waals surface area contributed by atoms with E-state index in [1.54, 1.807) is 31.2 Å². The smallest absolute Gasteiger partial charge is 0.362 e. The predicted molar refractivity (Wildman–Crippen MR) is 98.0 cm³/mol.